The largest absolute Gasteiger partial charge is 0.371 e. The van der Waals surface area contributed by atoms with Gasteiger partial charge in [0.15, 0.2) is 6.29 Å². The van der Waals surface area contributed by atoms with Crippen LogP contribution in [-0.2, 0) is 20.8 Å². The van der Waals surface area contributed by atoms with Crippen LogP contribution < -0.4 is 0 Å². The van der Waals surface area contributed by atoms with Gasteiger partial charge in [0.25, 0.3) is 0 Å². The zero-order valence-electron chi connectivity index (χ0n) is 15.2. The van der Waals surface area contributed by atoms with Crippen molar-refractivity contribution in [3.63, 3.8) is 0 Å². The molecule has 1 aliphatic heterocycles. The van der Waals surface area contributed by atoms with Crippen LogP contribution in [-0.4, -0.2) is 25.1 Å². The predicted octanol–water partition coefficient (Wildman–Crippen LogP) is 6.22. The van der Waals surface area contributed by atoms with Gasteiger partial charge in [0.1, 0.15) is 0 Å². The Labute approximate surface area is 192 Å². The Morgan fingerprint density at radius 2 is 1.84 bits per heavy atom. The van der Waals surface area contributed by atoms with Crippen molar-refractivity contribution in [3.8, 4) is 0 Å². The fourth-order valence-corrected chi connectivity index (χ4v) is 5.41. The summed E-state index contributed by atoms with van der Waals surface area (Å²) in [6.07, 6.45) is 2.33. The average Bonchev–Trinajstić information content (AvgIpc) is 2.51. The van der Waals surface area contributed by atoms with Gasteiger partial charge in [-0.3, -0.25) is 0 Å². The highest BCUT2D eigenvalue weighted by atomic mass is 127. The Hall–Kier alpha value is 1.29. The molecule has 1 aromatic carbocycles. The maximum absolute atomic E-state index is 6.14. The van der Waals surface area contributed by atoms with Gasteiger partial charge < -0.3 is 14.2 Å². The van der Waals surface area contributed by atoms with E-state index in [9.17, 15) is 0 Å². The van der Waals surface area contributed by atoms with Gasteiger partial charge in [-0.05, 0) is 104 Å². The van der Waals surface area contributed by atoms with Crippen LogP contribution in [0.25, 0.3) is 0 Å². The first-order chi connectivity index (χ1) is 11.8. The fourth-order valence-electron chi connectivity index (χ4n) is 2.98. The second-order valence-electron chi connectivity index (χ2n) is 7.35. The van der Waals surface area contributed by atoms with Gasteiger partial charge in [-0.1, -0.05) is 27.7 Å². The van der Waals surface area contributed by atoms with Crippen LogP contribution in [0.2, 0.25) is 0 Å². The molecule has 0 amide bonds. The molecule has 0 N–H and O–H groups in total. The van der Waals surface area contributed by atoms with Crippen molar-refractivity contribution in [2.75, 3.05) is 6.61 Å². The van der Waals surface area contributed by atoms with Crippen molar-refractivity contribution in [1.82, 2.24) is 0 Å². The van der Waals surface area contributed by atoms with Crippen LogP contribution in [0.1, 0.15) is 46.1 Å². The topological polar surface area (TPSA) is 27.7 Å². The SMILES string of the molecule is CC(C)CC1CC(C(C)C)OC(COCc2cc(I)cc(I)c2I)O1. The molecule has 1 fully saturated rings. The molecule has 0 spiro atoms. The second-order valence-corrected chi connectivity index (χ2v) is 10.8. The zero-order chi connectivity index (χ0) is 18.6. The minimum atomic E-state index is -0.260. The van der Waals surface area contributed by atoms with Gasteiger partial charge in [-0.15, -0.1) is 0 Å². The number of rotatable bonds is 7. The van der Waals surface area contributed by atoms with Crippen molar-refractivity contribution in [3.05, 3.63) is 28.4 Å². The summed E-state index contributed by atoms with van der Waals surface area (Å²) < 4.78 is 22.0. The van der Waals surface area contributed by atoms with Gasteiger partial charge in [-0.25, -0.2) is 0 Å². The predicted molar refractivity (Wildman–Crippen MR) is 127 cm³/mol. The van der Waals surface area contributed by atoms with E-state index in [4.69, 9.17) is 14.2 Å². The molecule has 1 saturated heterocycles. The molecule has 3 unspecified atom stereocenters. The summed E-state index contributed by atoms with van der Waals surface area (Å²) in [6.45, 7) is 10.0. The van der Waals surface area contributed by atoms with E-state index in [1.807, 2.05) is 0 Å². The summed E-state index contributed by atoms with van der Waals surface area (Å²) in [7, 11) is 0. The van der Waals surface area contributed by atoms with Crippen LogP contribution in [0, 0.1) is 22.5 Å². The van der Waals surface area contributed by atoms with Crippen LogP contribution >= 0.6 is 67.8 Å². The molecule has 0 saturated carbocycles. The average molecular weight is 684 g/mol. The van der Waals surface area contributed by atoms with E-state index in [0.717, 1.165) is 12.8 Å². The molecule has 0 radical (unpaired) electrons. The fraction of sp³-hybridized carbons (Fsp3) is 0.684. The lowest BCUT2D eigenvalue weighted by molar-refractivity contribution is -0.269. The highest BCUT2D eigenvalue weighted by molar-refractivity contribution is 14.1. The molecule has 1 aromatic rings. The summed E-state index contributed by atoms with van der Waals surface area (Å²) in [5.41, 5.74) is 1.23. The molecule has 0 aliphatic carbocycles. The summed E-state index contributed by atoms with van der Waals surface area (Å²) in [5.74, 6) is 1.13. The zero-order valence-corrected chi connectivity index (χ0v) is 21.7. The van der Waals surface area contributed by atoms with Crippen LogP contribution in [0.5, 0.6) is 0 Å². The molecule has 0 aromatic heterocycles. The Kier molecular flexibility index (Phi) is 9.69. The van der Waals surface area contributed by atoms with E-state index in [-0.39, 0.29) is 18.5 Å². The maximum atomic E-state index is 6.14. The third-order valence-electron chi connectivity index (χ3n) is 4.22. The van der Waals surface area contributed by atoms with Crippen molar-refractivity contribution in [1.29, 1.82) is 0 Å². The standard InChI is InChI=1S/C19H27I3O3/c1-11(2)5-15-8-17(12(3)4)25-18(24-15)10-23-9-13-6-14(20)7-16(21)19(13)22/h6-7,11-12,15,17-18H,5,8-10H2,1-4H3. The summed E-state index contributed by atoms with van der Waals surface area (Å²) >= 11 is 7.12. The van der Waals surface area contributed by atoms with Gasteiger partial charge in [-0.2, -0.15) is 0 Å². The lowest BCUT2D eigenvalue weighted by Crippen LogP contribution is -2.43. The number of hydrogen-bond acceptors (Lipinski definition) is 3. The summed E-state index contributed by atoms with van der Waals surface area (Å²) in [6, 6.07) is 4.37. The minimum absolute atomic E-state index is 0.254. The number of hydrogen-bond donors (Lipinski definition) is 0. The van der Waals surface area contributed by atoms with Crippen LogP contribution in [0.3, 0.4) is 0 Å². The van der Waals surface area contributed by atoms with E-state index in [1.54, 1.807) is 0 Å². The van der Waals surface area contributed by atoms with E-state index < -0.39 is 0 Å². The first-order valence-corrected chi connectivity index (χ1v) is 12.0. The second kappa shape index (κ2) is 10.7. The van der Waals surface area contributed by atoms with Gasteiger partial charge in [0.2, 0.25) is 0 Å². The first-order valence-electron chi connectivity index (χ1n) is 8.78. The van der Waals surface area contributed by atoms with Gasteiger partial charge >= 0.3 is 0 Å². The minimum Gasteiger partial charge on any atom is -0.371 e. The molecule has 2 rings (SSSR count). The van der Waals surface area contributed by atoms with E-state index >= 15 is 0 Å². The Morgan fingerprint density at radius 1 is 1.12 bits per heavy atom. The molecule has 1 heterocycles. The highest BCUT2D eigenvalue weighted by Gasteiger charge is 2.32. The van der Waals surface area contributed by atoms with Crippen molar-refractivity contribution < 1.29 is 14.2 Å². The molecule has 6 heteroatoms. The van der Waals surface area contributed by atoms with Gasteiger partial charge in [0.05, 0.1) is 25.4 Å². The highest BCUT2D eigenvalue weighted by Crippen LogP contribution is 2.28. The summed E-state index contributed by atoms with van der Waals surface area (Å²) in [5, 5.41) is 0. The smallest absolute Gasteiger partial charge is 0.181 e. The van der Waals surface area contributed by atoms with Gasteiger partial charge in [0, 0.05) is 17.1 Å². The van der Waals surface area contributed by atoms with E-state index in [0.29, 0.717) is 25.0 Å². The molecular weight excluding hydrogens is 657 g/mol. The first kappa shape index (κ1) is 22.6. The number of benzene rings is 1. The molecule has 0 bridgehead atoms. The molecular formula is C19H27I3O3. The molecule has 1 aliphatic rings. The Balaban J connectivity index is 1.92. The van der Waals surface area contributed by atoms with Crippen molar-refractivity contribution in [2.45, 2.75) is 65.6 Å². The molecule has 25 heavy (non-hydrogen) atoms. The van der Waals surface area contributed by atoms with Crippen LogP contribution in [0.4, 0.5) is 0 Å². The number of ether oxygens (including phenoxy) is 3. The van der Waals surface area contributed by atoms with Crippen molar-refractivity contribution in [2.24, 2.45) is 11.8 Å². The third kappa shape index (κ3) is 7.32. The normalized spacial score (nSPS) is 24.3. The maximum Gasteiger partial charge on any atom is 0.181 e. The monoisotopic (exact) mass is 684 g/mol. The van der Waals surface area contributed by atoms with Crippen molar-refractivity contribution >= 4 is 67.8 Å². The lowest BCUT2D eigenvalue weighted by Gasteiger charge is -2.38. The molecule has 142 valence electrons. The summed E-state index contributed by atoms with van der Waals surface area (Å²) in [4.78, 5) is 0. The van der Waals surface area contributed by atoms with E-state index in [1.165, 1.54) is 16.3 Å². The Bertz CT molecular complexity index is 563. The lowest BCUT2D eigenvalue weighted by atomic mass is 9.95. The molecule has 3 nitrogen and oxygen atoms in total. The third-order valence-corrected chi connectivity index (χ3v) is 8.00. The number of halogens is 3. The molecule has 3 atom stereocenters. The van der Waals surface area contributed by atoms with Crippen LogP contribution in [0.15, 0.2) is 12.1 Å². The van der Waals surface area contributed by atoms with E-state index in [2.05, 4.69) is 108 Å². The Morgan fingerprint density at radius 3 is 2.48 bits per heavy atom. The quantitative estimate of drug-likeness (QED) is 0.253.